The molecule has 36 heavy (non-hydrogen) atoms. The summed E-state index contributed by atoms with van der Waals surface area (Å²) in [6.07, 6.45) is -2.43. The maximum Gasteiger partial charge on any atom is 0.508 e. The van der Waals surface area contributed by atoms with Crippen LogP contribution in [-0.4, -0.2) is 54.7 Å². The van der Waals surface area contributed by atoms with Crippen LogP contribution in [0.1, 0.15) is 54.0 Å². The van der Waals surface area contributed by atoms with Crippen molar-refractivity contribution in [1.82, 2.24) is 10.6 Å². The number of carbonyl (C=O) groups excluding carboxylic acids is 4. The van der Waals surface area contributed by atoms with Crippen LogP contribution in [0.2, 0.25) is 0 Å². The predicted molar refractivity (Wildman–Crippen MR) is 127 cm³/mol. The third kappa shape index (κ3) is 9.80. The van der Waals surface area contributed by atoms with Gasteiger partial charge in [0, 0.05) is 0 Å². The molecule has 12 nitrogen and oxygen atoms in total. The van der Waals surface area contributed by atoms with E-state index in [1.807, 2.05) is 0 Å². The number of nitrogens with zero attached hydrogens (tertiary/aromatic N) is 1. The zero-order chi connectivity index (χ0) is 27.1. The maximum atomic E-state index is 12.5. The summed E-state index contributed by atoms with van der Waals surface area (Å²) >= 11 is 0. The van der Waals surface area contributed by atoms with Crippen molar-refractivity contribution >= 4 is 30.3 Å². The van der Waals surface area contributed by atoms with Crippen molar-refractivity contribution in [1.29, 1.82) is 0 Å². The number of aliphatic imine (C=N–C) groups is 1. The number of ether oxygens (including phenoxy) is 5. The average molecular weight is 508 g/mol. The number of rotatable bonds is 4. The number of cyclic esters (lactones) is 2. The van der Waals surface area contributed by atoms with Crippen LogP contribution in [0.25, 0.3) is 0 Å². The summed E-state index contributed by atoms with van der Waals surface area (Å²) in [5, 5.41) is 4.80. The van der Waals surface area contributed by atoms with E-state index >= 15 is 0 Å². The molecule has 0 radical (unpaired) electrons. The average Bonchev–Trinajstić information content (AvgIpc) is 2.72. The monoisotopic (exact) mass is 507 g/mol. The van der Waals surface area contributed by atoms with Crippen LogP contribution in [0.4, 0.5) is 14.4 Å². The van der Waals surface area contributed by atoms with Gasteiger partial charge in [0.2, 0.25) is 5.96 Å². The fourth-order valence-corrected chi connectivity index (χ4v) is 2.61. The molecule has 0 saturated carbocycles. The van der Waals surface area contributed by atoms with E-state index in [4.69, 9.17) is 23.7 Å². The van der Waals surface area contributed by atoms with Crippen molar-refractivity contribution in [2.45, 2.75) is 66.2 Å². The Kier molecular flexibility index (Phi) is 8.89. The molecular weight excluding hydrogens is 474 g/mol. The summed E-state index contributed by atoms with van der Waals surface area (Å²) in [7, 11) is 0. The highest BCUT2D eigenvalue weighted by Gasteiger charge is 2.42. The summed E-state index contributed by atoms with van der Waals surface area (Å²) in [6.45, 7) is 11.6. The molecule has 0 unspecified atom stereocenters. The van der Waals surface area contributed by atoms with Gasteiger partial charge in [-0.3, -0.25) is 15.4 Å². The lowest BCUT2D eigenvalue weighted by Crippen LogP contribution is -2.47. The number of carbonyl (C=O) groups is 4. The van der Waals surface area contributed by atoms with Crippen LogP contribution < -0.4 is 15.4 Å². The maximum absolute atomic E-state index is 12.5. The molecule has 1 fully saturated rings. The highest BCUT2D eigenvalue weighted by Crippen LogP contribution is 2.25. The minimum absolute atomic E-state index is 0.0661. The van der Waals surface area contributed by atoms with Gasteiger partial charge < -0.3 is 23.7 Å². The van der Waals surface area contributed by atoms with E-state index < -0.39 is 40.9 Å². The molecule has 1 aliphatic rings. The third-order valence-corrected chi connectivity index (χ3v) is 4.30. The van der Waals surface area contributed by atoms with E-state index in [1.54, 1.807) is 72.7 Å². The van der Waals surface area contributed by atoms with Crippen molar-refractivity contribution in [3.05, 3.63) is 29.8 Å². The normalized spacial score (nSPS) is 14.9. The largest absolute Gasteiger partial charge is 0.508 e. The van der Waals surface area contributed by atoms with Crippen molar-refractivity contribution < 1.29 is 42.9 Å². The molecule has 2 amide bonds. The fraction of sp³-hybridized carbons (Fsp3) is 0.542. The Balaban J connectivity index is 2.05. The SMILES string of the molecule is CC(C)(C)OC(=O)NC(=NCc1ccc(OC(=O)C2(C)COC(=O)OC2)cc1)NC(=O)OC(C)(C)C. The Morgan fingerprint density at radius 3 is 1.83 bits per heavy atom. The Bertz CT molecular complexity index is 963. The van der Waals surface area contributed by atoms with Gasteiger partial charge in [-0.05, 0) is 66.2 Å². The molecule has 1 aliphatic heterocycles. The van der Waals surface area contributed by atoms with Crippen LogP contribution in [0.15, 0.2) is 29.3 Å². The molecule has 1 aromatic rings. The quantitative estimate of drug-likeness (QED) is 0.204. The van der Waals surface area contributed by atoms with Gasteiger partial charge in [-0.1, -0.05) is 12.1 Å². The number of hydrogen-bond acceptors (Lipinski definition) is 10. The van der Waals surface area contributed by atoms with Gasteiger partial charge in [0.1, 0.15) is 35.6 Å². The van der Waals surface area contributed by atoms with E-state index in [0.717, 1.165) is 0 Å². The van der Waals surface area contributed by atoms with Gasteiger partial charge in [0.05, 0.1) is 6.54 Å². The Hall–Kier alpha value is -3.83. The first-order chi connectivity index (χ1) is 16.5. The molecule has 2 N–H and O–H groups in total. The lowest BCUT2D eigenvalue weighted by molar-refractivity contribution is -0.156. The Morgan fingerprint density at radius 1 is 0.917 bits per heavy atom. The van der Waals surface area contributed by atoms with Crippen LogP contribution in [0.3, 0.4) is 0 Å². The van der Waals surface area contributed by atoms with E-state index in [2.05, 4.69) is 15.6 Å². The molecular formula is C24H33N3O9. The second kappa shape index (κ2) is 11.3. The van der Waals surface area contributed by atoms with Gasteiger partial charge >= 0.3 is 24.3 Å². The summed E-state index contributed by atoms with van der Waals surface area (Å²) in [5.74, 6) is -0.496. The lowest BCUT2D eigenvalue weighted by atomic mass is 9.92. The topological polar surface area (TPSA) is 151 Å². The smallest absolute Gasteiger partial charge is 0.444 e. The summed E-state index contributed by atoms with van der Waals surface area (Å²) < 4.78 is 25.4. The molecule has 0 aliphatic carbocycles. The zero-order valence-electron chi connectivity index (χ0n) is 21.6. The Labute approximate surface area is 209 Å². The first kappa shape index (κ1) is 28.4. The molecule has 12 heteroatoms. The molecule has 1 saturated heterocycles. The molecule has 0 spiro atoms. The molecule has 0 atom stereocenters. The molecule has 2 rings (SSSR count). The first-order valence-corrected chi connectivity index (χ1v) is 11.2. The number of guanidine groups is 1. The van der Waals surface area contributed by atoms with Crippen molar-refractivity contribution in [3.8, 4) is 5.75 Å². The van der Waals surface area contributed by atoms with Crippen LogP contribution >= 0.6 is 0 Å². The van der Waals surface area contributed by atoms with E-state index in [0.29, 0.717) is 5.56 Å². The fourth-order valence-electron chi connectivity index (χ4n) is 2.61. The van der Waals surface area contributed by atoms with Gasteiger partial charge in [-0.2, -0.15) is 0 Å². The minimum atomic E-state index is -1.12. The number of alkyl carbamates (subject to hydrolysis) is 2. The van der Waals surface area contributed by atoms with E-state index in [9.17, 15) is 19.2 Å². The highest BCUT2D eigenvalue weighted by molar-refractivity contribution is 6.01. The van der Waals surface area contributed by atoms with E-state index in [-0.39, 0.29) is 31.5 Å². The highest BCUT2D eigenvalue weighted by atomic mass is 16.7. The standard InChI is InChI=1S/C24H33N3O9/c1-22(2,3)35-19(29)26-18(27-20(30)36-23(4,5)6)25-12-15-8-10-16(11-9-15)34-17(28)24(7)13-32-21(31)33-14-24/h8-11H,12-14H2,1-7H3,(H2,25,26,27,29,30). The molecule has 0 aromatic heterocycles. The van der Waals surface area contributed by atoms with Gasteiger partial charge in [0.15, 0.2) is 0 Å². The third-order valence-electron chi connectivity index (χ3n) is 4.30. The number of amides is 2. The molecule has 1 aromatic carbocycles. The van der Waals surface area contributed by atoms with Crippen LogP contribution in [0, 0.1) is 5.41 Å². The Morgan fingerprint density at radius 2 is 1.39 bits per heavy atom. The number of benzene rings is 1. The molecule has 1 heterocycles. The molecule has 198 valence electrons. The van der Waals surface area contributed by atoms with Gasteiger partial charge in [-0.15, -0.1) is 0 Å². The number of hydrogen-bond donors (Lipinski definition) is 2. The molecule has 0 bridgehead atoms. The zero-order valence-corrected chi connectivity index (χ0v) is 21.6. The second-order valence-corrected chi connectivity index (χ2v) is 10.3. The number of esters is 1. The number of nitrogens with one attached hydrogen (secondary N) is 2. The predicted octanol–water partition coefficient (Wildman–Crippen LogP) is 3.67. The van der Waals surface area contributed by atoms with Crippen molar-refractivity contribution in [2.24, 2.45) is 10.4 Å². The summed E-state index contributed by atoms with van der Waals surface area (Å²) in [6, 6.07) is 6.43. The van der Waals surface area contributed by atoms with Crippen molar-refractivity contribution in [3.63, 3.8) is 0 Å². The lowest BCUT2D eigenvalue weighted by Gasteiger charge is -2.29. The van der Waals surface area contributed by atoms with Crippen molar-refractivity contribution in [2.75, 3.05) is 13.2 Å². The second-order valence-electron chi connectivity index (χ2n) is 10.3. The van der Waals surface area contributed by atoms with Crippen LogP contribution in [0.5, 0.6) is 5.75 Å². The summed E-state index contributed by atoms with van der Waals surface area (Å²) in [5.41, 5.74) is -1.94. The van der Waals surface area contributed by atoms with Gasteiger partial charge in [-0.25, -0.2) is 19.4 Å². The van der Waals surface area contributed by atoms with Crippen LogP contribution in [-0.2, 0) is 30.3 Å². The summed E-state index contributed by atoms with van der Waals surface area (Å²) in [4.78, 5) is 52.1. The van der Waals surface area contributed by atoms with Gasteiger partial charge in [0.25, 0.3) is 0 Å². The first-order valence-electron chi connectivity index (χ1n) is 11.2. The van der Waals surface area contributed by atoms with E-state index in [1.165, 1.54) is 0 Å². The minimum Gasteiger partial charge on any atom is -0.444 e.